The molecule has 186 valence electrons. The van der Waals surface area contributed by atoms with Crippen molar-refractivity contribution in [2.45, 2.75) is 31.7 Å². The summed E-state index contributed by atoms with van der Waals surface area (Å²) in [7, 11) is 0. The number of fused-ring (bicyclic) bond motifs is 2. The number of halogens is 2. The molecule has 2 aliphatic carbocycles. The highest BCUT2D eigenvalue weighted by Gasteiger charge is 2.40. The van der Waals surface area contributed by atoms with Gasteiger partial charge in [-0.05, 0) is 61.4 Å². The maximum atomic E-state index is 12.9. The molecule has 0 aliphatic heterocycles. The molecule has 2 aromatic rings. The first-order chi connectivity index (χ1) is 16.6. The first kappa shape index (κ1) is 24.9. The zero-order valence-corrected chi connectivity index (χ0v) is 20.1. The van der Waals surface area contributed by atoms with Gasteiger partial charge in [0.15, 0.2) is 5.75 Å². The highest BCUT2D eigenvalue weighted by Crippen LogP contribution is 2.45. The van der Waals surface area contributed by atoms with Crippen LogP contribution in [0.25, 0.3) is 0 Å². The van der Waals surface area contributed by atoms with Crippen LogP contribution >= 0.6 is 23.2 Å². The Morgan fingerprint density at radius 1 is 1.00 bits per heavy atom. The lowest BCUT2D eigenvalue weighted by atomic mass is 9.95. The molecule has 9 nitrogen and oxygen atoms in total. The molecule has 4 N–H and O–H groups in total. The van der Waals surface area contributed by atoms with E-state index in [2.05, 4.69) is 5.32 Å². The summed E-state index contributed by atoms with van der Waals surface area (Å²) in [6.45, 7) is -1.14. The minimum absolute atomic E-state index is 0.00864. The van der Waals surface area contributed by atoms with Gasteiger partial charge in [-0.15, -0.1) is 0 Å². The Morgan fingerprint density at radius 2 is 1.66 bits per heavy atom. The van der Waals surface area contributed by atoms with Crippen molar-refractivity contribution in [2.75, 3.05) is 18.0 Å². The average molecular weight is 523 g/mol. The van der Waals surface area contributed by atoms with E-state index in [9.17, 15) is 19.5 Å². The number of phenolic OH excluding ortho intramolecular Hbond substituents is 1. The second kappa shape index (κ2) is 10.2. The van der Waals surface area contributed by atoms with E-state index in [-0.39, 0.29) is 44.6 Å². The first-order valence-electron chi connectivity index (χ1n) is 11.1. The molecule has 2 aromatic carbocycles. The van der Waals surface area contributed by atoms with Crippen LogP contribution in [0.1, 0.15) is 36.0 Å². The number of benzene rings is 2. The van der Waals surface area contributed by atoms with Crippen LogP contribution in [0.5, 0.6) is 17.2 Å². The van der Waals surface area contributed by atoms with Crippen LogP contribution in [0, 0.1) is 11.8 Å². The van der Waals surface area contributed by atoms with Crippen molar-refractivity contribution in [3.63, 3.8) is 0 Å². The quantitative estimate of drug-likeness (QED) is 0.380. The number of carboxylic acid groups (broad SMARTS) is 2. The molecule has 3 unspecified atom stereocenters. The summed E-state index contributed by atoms with van der Waals surface area (Å²) in [6.07, 6.45) is 4.39. The van der Waals surface area contributed by atoms with E-state index in [1.807, 2.05) is 0 Å². The Morgan fingerprint density at radius 3 is 2.20 bits per heavy atom. The van der Waals surface area contributed by atoms with Gasteiger partial charge in [0, 0.05) is 11.7 Å². The fraction of sp³-hybridized carbons (Fsp3) is 0.375. The SMILES string of the molecule is O=C(O)CN(CC(=O)O)c1cc(Cl)c(Oc2ccc(O)c(C(=O)NC3CC4CCC3C4)c2)c(Cl)c1. The number of nitrogens with zero attached hydrogens (tertiary/aromatic N) is 1. The first-order valence-corrected chi connectivity index (χ1v) is 11.9. The van der Waals surface area contributed by atoms with E-state index in [4.69, 9.17) is 38.2 Å². The predicted molar refractivity (Wildman–Crippen MR) is 129 cm³/mol. The lowest BCUT2D eigenvalue weighted by molar-refractivity contribution is -0.136. The summed E-state index contributed by atoms with van der Waals surface area (Å²) in [6, 6.07) is 6.96. The zero-order valence-electron chi connectivity index (χ0n) is 18.5. The zero-order chi connectivity index (χ0) is 25.3. The van der Waals surface area contributed by atoms with Crippen LogP contribution in [-0.4, -0.2) is 52.3 Å². The van der Waals surface area contributed by atoms with Crippen LogP contribution in [0.3, 0.4) is 0 Å². The molecule has 4 rings (SSSR count). The van der Waals surface area contributed by atoms with E-state index < -0.39 is 30.9 Å². The summed E-state index contributed by atoms with van der Waals surface area (Å²) < 4.78 is 5.80. The third-order valence-corrected chi connectivity index (χ3v) is 7.05. The molecule has 0 spiro atoms. The maximum absolute atomic E-state index is 12.9. The maximum Gasteiger partial charge on any atom is 0.323 e. The number of carbonyl (C=O) groups excluding carboxylic acids is 1. The van der Waals surface area contributed by atoms with Gasteiger partial charge in [0.25, 0.3) is 5.91 Å². The van der Waals surface area contributed by atoms with Crippen molar-refractivity contribution in [2.24, 2.45) is 11.8 Å². The Labute approximate surface area is 211 Å². The number of ether oxygens (including phenoxy) is 1. The molecule has 35 heavy (non-hydrogen) atoms. The molecule has 3 atom stereocenters. The molecule has 11 heteroatoms. The number of phenols is 1. The normalized spacial score (nSPS) is 20.5. The van der Waals surface area contributed by atoms with Gasteiger partial charge < -0.3 is 30.3 Å². The van der Waals surface area contributed by atoms with Crippen LogP contribution < -0.4 is 15.0 Å². The topological polar surface area (TPSA) is 136 Å². The van der Waals surface area contributed by atoms with Gasteiger partial charge in [-0.25, -0.2) is 0 Å². The van der Waals surface area contributed by atoms with Gasteiger partial charge >= 0.3 is 11.9 Å². The van der Waals surface area contributed by atoms with E-state index in [0.717, 1.165) is 24.2 Å². The van der Waals surface area contributed by atoms with E-state index in [0.29, 0.717) is 11.8 Å². The van der Waals surface area contributed by atoms with Crippen molar-refractivity contribution in [1.29, 1.82) is 0 Å². The Hall–Kier alpha value is -3.17. The van der Waals surface area contributed by atoms with Gasteiger partial charge in [-0.1, -0.05) is 29.6 Å². The number of aromatic hydroxyl groups is 1. The number of carboxylic acids is 2. The van der Waals surface area contributed by atoms with Crippen LogP contribution in [0.15, 0.2) is 30.3 Å². The number of carbonyl (C=O) groups is 3. The van der Waals surface area contributed by atoms with Crippen molar-refractivity contribution in [1.82, 2.24) is 5.32 Å². The fourth-order valence-electron chi connectivity index (χ4n) is 4.94. The third kappa shape index (κ3) is 5.74. The van der Waals surface area contributed by atoms with Crippen molar-refractivity contribution < 1.29 is 34.4 Å². The number of amides is 1. The number of hydrogen-bond acceptors (Lipinski definition) is 6. The lowest BCUT2D eigenvalue weighted by Gasteiger charge is -2.23. The Balaban J connectivity index is 1.53. The minimum Gasteiger partial charge on any atom is -0.507 e. The summed E-state index contributed by atoms with van der Waals surface area (Å²) in [4.78, 5) is 36.2. The third-order valence-electron chi connectivity index (χ3n) is 6.49. The van der Waals surface area contributed by atoms with Gasteiger partial charge in [0.1, 0.15) is 24.6 Å². The molecule has 0 heterocycles. The summed E-state index contributed by atoms with van der Waals surface area (Å²) in [5, 5.41) is 31.5. The highest BCUT2D eigenvalue weighted by atomic mass is 35.5. The number of rotatable bonds is 9. The number of aliphatic carboxylic acids is 2. The van der Waals surface area contributed by atoms with Gasteiger partial charge in [0.05, 0.1) is 15.6 Å². The fourth-order valence-corrected chi connectivity index (χ4v) is 5.49. The molecule has 2 aliphatic rings. The monoisotopic (exact) mass is 522 g/mol. The highest BCUT2D eigenvalue weighted by molar-refractivity contribution is 6.37. The molecule has 1 amide bonds. The van der Waals surface area contributed by atoms with E-state index >= 15 is 0 Å². The molecule has 2 fully saturated rings. The molecular weight excluding hydrogens is 499 g/mol. The predicted octanol–water partition coefficient (Wildman–Crippen LogP) is 4.39. The van der Waals surface area contributed by atoms with Crippen LogP contribution in [0.4, 0.5) is 5.69 Å². The van der Waals surface area contributed by atoms with Gasteiger partial charge in [-0.2, -0.15) is 0 Å². The largest absolute Gasteiger partial charge is 0.507 e. The number of anilines is 1. The smallest absolute Gasteiger partial charge is 0.323 e. The molecule has 0 saturated heterocycles. The molecular formula is C24H24Cl2N2O7. The molecule has 2 saturated carbocycles. The standard InChI is InChI=1S/C24H24Cl2N2O7/c25-17-7-14(28(10-21(30)31)11-22(32)33)8-18(26)23(17)35-15-3-4-20(29)16(9-15)24(34)27-19-6-12-1-2-13(19)5-12/h3-4,7-9,12-13,19,29H,1-2,5-6,10-11H2,(H,27,34)(H,30,31)(H,32,33). The van der Waals surface area contributed by atoms with Crippen LogP contribution in [0.2, 0.25) is 10.0 Å². The summed E-state index contributed by atoms with van der Waals surface area (Å²) in [5.74, 6) is -1.66. The number of nitrogens with one attached hydrogen (secondary N) is 1. The van der Waals surface area contributed by atoms with Gasteiger partial charge in [0.2, 0.25) is 0 Å². The summed E-state index contributed by atoms with van der Waals surface area (Å²) in [5.41, 5.74) is 0.247. The van der Waals surface area contributed by atoms with Gasteiger partial charge in [-0.3, -0.25) is 14.4 Å². The van der Waals surface area contributed by atoms with Crippen LogP contribution in [-0.2, 0) is 9.59 Å². The van der Waals surface area contributed by atoms with Crippen molar-refractivity contribution in [3.05, 3.63) is 45.9 Å². The molecule has 2 bridgehead atoms. The second-order valence-corrected chi connectivity index (χ2v) is 9.73. The average Bonchev–Trinajstić information content (AvgIpc) is 3.39. The second-order valence-electron chi connectivity index (χ2n) is 8.92. The molecule has 0 radical (unpaired) electrons. The Bertz CT molecular complexity index is 1130. The van der Waals surface area contributed by atoms with Crippen molar-refractivity contribution >= 4 is 46.7 Å². The Kier molecular flexibility index (Phi) is 7.28. The van der Waals surface area contributed by atoms with Crippen molar-refractivity contribution in [3.8, 4) is 17.2 Å². The molecule has 0 aromatic heterocycles. The summed E-state index contributed by atoms with van der Waals surface area (Å²) >= 11 is 12.7. The number of hydrogen-bond donors (Lipinski definition) is 4. The lowest BCUT2D eigenvalue weighted by Crippen LogP contribution is -2.38. The van der Waals surface area contributed by atoms with E-state index in [1.165, 1.54) is 36.8 Å². The van der Waals surface area contributed by atoms with E-state index in [1.54, 1.807) is 0 Å². The minimum atomic E-state index is -1.22.